The summed E-state index contributed by atoms with van der Waals surface area (Å²) in [6.07, 6.45) is 4.74. The number of para-hydroxylation sites is 1. The maximum atomic E-state index is 2.89. The van der Waals surface area contributed by atoms with Crippen molar-refractivity contribution in [2.24, 2.45) is 0 Å². The summed E-state index contributed by atoms with van der Waals surface area (Å²) in [5.41, 5.74) is 29.1. The molecule has 14 rings (SSSR count). The zero-order valence-corrected chi connectivity index (χ0v) is 54.1. The Morgan fingerprint density at radius 1 is 0.384 bits per heavy atom. The molecule has 2 aliphatic carbocycles. The molecule has 5 aliphatic rings. The van der Waals surface area contributed by atoms with E-state index in [-0.39, 0.29) is 44.7 Å². The molecule has 1 saturated carbocycles. The summed E-state index contributed by atoms with van der Waals surface area (Å²) in [7, 11) is 0. The van der Waals surface area contributed by atoms with Crippen LogP contribution >= 0.6 is 0 Å². The molecule has 5 heteroatoms. The second-order valence-electron chi connectivity index (χ2n) is 31.1. The third-order valence-corrected chi connectivity index (χ3v) is 21.2. The zero-order chi connectivity index (χ0) is 60.4. The van der Waals surface area contributed by atoms with Gasteiger partial charge in [0.05, 0.1) is 11.2 Å². The van der Waals surface area contributed by atoms with Crippen molar-refractivity contribution >= 4 is 85.7 Å². The van der Waals surface area contributed by atoms with Gasteiger partial charge in [-0.25, -0.2) is 0 Å². The number of fused-ring (bicyclic) bond motifs is 10. The standard InChI is InChI=1S/C81H87BN4/c1-75(2,3)52-26-34-56(35-27-52)83(57-36-28-53(29-37-57)76(4,5)6)61-43-45-68-70(49-61)85(60-42-44-64-63-22-17-18-23-65(63)79(13,14)67(64)48-60)71-50-62(84(58-38-30-54(31-39-58)77(7,8)9)59-40-32-55(33-41-59)78(10,11)12)51-72-73(71)82(68)69-25-21-24-66-74(69)86(72)81(16)47-20-19-46-80(66,81)15/h17-18,21-45,48-51H,19-20,46-47H2,1-16H3. The topological polar surface area (TPSA) is 13.0 Å². The fraction of sp³-hybridized carbons (Fsp3) is 0.333. The lowest BCUT2D eigenvalue weighted by Gasteiger charge is -2.53. The highest BCUT2D eigenvalue weighted by atomic mass is 15.3. The van der Waals surface area contributed by atoms with Crippen molar-refractivity contribution in [1.29, 1.82) is 0 Å². The lowest BCUT2D eigenvalue weighted by Crippen LogP contribution is -2.64. The monoisotopic (exact) mass is 1130 g/mol. The van der Waals surface area contributed by atoms with Gasteiger partial charge in [-0.2, -0.15) is 0 Å². The van der Waals surface area contributed by atoms with E-state index in [4.69, 9.17) is 0 Å². The molecule has 3 aliphatic heterocycles. The summed E-state index contributed by atoms with van der Waals surface area (Å²) in [6.45, 7) is 37.8. The van der Waals surface area contributed by atoms with E-state index in [9.17, 15) is 0 Å². The third kappa shape index (κ3) is 8.51. The molecule has 2 unspecified atom stereocenters. The van der Waals surface area contributed by atoms with Gasteiger partial charge in [-0.05, 0) is 193 Å². The van der Waals surface area contributed by atoms with Crippen LogP contribution in [0.25, 0.3) is 11.1 Å². The molecule has 0 aromatic heterocycles. The van der Waals surface area contributed by atoms with Gasteiger partial charge in [-0.1, -0.05) is 220 Å². The molecule has 9 aromatic carbocycles. The van der Waals surface area contributed by atoms with Crippen molar-refractivity contribution in [3.05, 3.63) is 227 Å². The molecule has 434 valence electrons. The first kappa shape index (κ1) is 56.1. The van der Waals surface area contributed by atoms with Crippen LogP contribution in [0.3, 0.4) is 0 Å². The summed E-state index contributed by atoms with van der Waals surface area (Å²) >= 11 is 0. The van der Waals surface area contributed by atoms with Gasteiger partial charge in [0.25, 0.3) is 6.71 Å². The summed E-state index contributed by atoms with van der Waals surface area (Å²) in [5.74, 6) is 0. The minimum absolute atomic E-state index is 0.00550. The van der Waals surface area contributed by atoms with Gasteiger partial charge < -0.3 is 19.6 Å². The van der Waals surface area contributed by atoms with Gasteiger partial charge in [0.1, 0.15) is 0 Å². The molecule has 9 aromatic rings. The molecule has 4 nitrogen and oxygen atoms in total. The Morgan fingerprint density at radius 2 is 0.837 bits per heavy atom. The Balaban J connectivity index is 1.08. The summed E-state index contributed by atoms with van der Waals surface area (Å²) in [5, 5.41) is 0. The Labute approximate surface area is 515 Å². The first-order valence-corrected chi connectivity index (χ1v) is 32.0. The largest absolute Gasteiger partial charge is 0.335 e. The SMILES string of the molecule is CC(C)(C)c1ccc(N(c2ccc(C(C)(C)C)cc2)c2ccc3c(c2)N(c2ccc4c(c2)C(C)(C)c2ccccc2-4)c2cc(N(c4ccc(C(C)(C)C)cc4)c4ccc(C(C)(C)C)cc4)cc4c2B3c2cccc3c2N4C2(C)CCCCC32C)cc1. The fourth-order valence-corrected chi connectivity index (χ4v) is 16.0. The molecular formula is C81H87BN4. The van der Waals surface area contributed by atoms with Crippen molar-refractivity contribution in [3.8, 4) is 11.1 Å². The van der Waals surface area contributed by atoms with Gasteiger partial charge in [0, 0.05) is 67.7 Å². The van der Waals surface area contributed by atoms with Crippen molar-refractivity contribution in [2.45, 2.75) is 174 Å². The molecule has 0 radical (unpaired) electrons. The number of anilines is 11. The van der Waals surface area contributed by atoms with E-state index in [1.807, 2.05) is 0 Å². The van der Waals surface area contributed by atoms with Crippen LogP contribution in [0.4, 0.5) is 62.6 Å². The number of rotatable bonds is 7. The van der Waals surface area contributed by atoms with Crippen LogP contribution in [0.5, 0.6) is 0 Å². The summed E-state index contributed by atoms with van der Waals surface area (Å²) < 4.78 is 0. The summed E-state index contributed by atoms with van der Waals surface area (Å²) in [4.78, 5) is 10.6. The van der Waals surface area contributed by atoms with Crippen molar-refractivity contribution in [2.75, 3.05) is 19.6 Å². The molecule has 0 N–H and O–H groups in total. The van der Waals surface area contributed by atoms with Gasteiger partial charge in [0.2, 0.25) is 0 Å². The number of hydrogen-bond donors (Lipinski definition) is 0. The molecule has 0 bridgehead atoms. The van der Waals surface area contributed by atoms with E-state index in [2.05, 4.69) is 318 Å². The molecule has 1 fully saturated rings. The van der Waals surface area contributed by atoms with Crippen molar-refractivity contribution in [1.82, 2.24) is 0 Å². The van der Waals surface area contributed by atoms with Crippen LogP contribution in [0.2, 0.25) is 0 Å². The zero-order valence-electron chi connectivity index (χ0n) is 54.1. The molecular weight excluding hydrogens is 1040 g/mol. The highest BCUT2D eigenvalue weighted by Crippen LogP contribution is 2.63. The number of nitrogens with zero attached hydrogens (tertiary/aromatic N) is 4. The van der Waals surface area contributed by atoms with E-state index >= 15 is 0 Å². The van der Waals surface area contributed by atoms with E-state index in [1.165, 1.54) is 108 Å². The number of hydrogen-bond acceptors (Lipinski definition) is 4. The first-order chi connectivity index (χ1) is 40.7. The smallest absolute Gasteiger partial charge is 0.252 e. The van der Waals surface area contributed by atoms with Crippen molar-refractivity contribution < 1.29 is 0 Å². The average molecular weight is 1130 g/mol. The van der Waals surface area contributed by atoms with Crippen LogP contribution in [-0.2, 0) is 32.5 Å². The molecule has 0 saturated heterocycles. The minimum atomic E-state index is -0.207. The van der Waals surface area contributed by atoms with E-state index < -0.39 is 0 Å². The lowest BCUT2D eigenvalue weighted by atomic mass is 9.33. The van der Waals surface area contributed by atoms with E-state index in [0.717, 1.165) is 47.0 Å². The Hall–Kier alpha value is -7.76. The van der Waals surface area contributed by atoms with Crippen LogP contribution in [-0.4, -0.2) is 12.3 Å². The Kier molecular flexibility index (Phi) is 12.5. The molecule has 3 heterocycles. The van der Waals surface area contributed by atoms with Gasteiger partial charge >= 0.3 is 0 Å². The maximum Gasteiger partial charge on any atom is 0.252 e. The van der Waals surface area contributed by atoms with Crippen LogP contribution in [0, 0.1) is 0 Å². The van der Waals surface area contributed by atoms with Gasteiger partial charge in [-0.15, -0.1) is 0 Å². The van der Waals surface area contributed by atoms with Crippen molar-refractivity contribution in [3.63, 3.8) is 0 Å². The maximum absolute atomic E-state index is 2.89. The molecule has 0 amide bonds. The third-order valence-electron chi connectivity index (χ3n) is 21.2. The Bertz CT molecular complexity index is 4050. The summed E-state index contributed by atoms with van der Waals surface area (Å²) in [6, 6.07) is 74.1. The Morgan fingerprint density at radius 3 is 1.37 bits per heavy atom. The first-order valence-electron chi connectivity index (χ1n) is 32.0. The quantitative estimate of drug-likeness (QED) is 0.147. The molecule has 86 heavy (non-hydrogen) atoms. The molecule has 0 spiro atoms. The number of benzene rings is 9. The fourth-order valence-electron chi connectivity index (χ4n) is 16.0. The second-order valence-corrected chi connectivity index (χ2v) is 31.1. The lowest BCUT2D eigenvalue weighted by molar-refractivity contribution is 0.195. The van der Waals surface area contributed by atoms with Crippen LogP contribution in [0.1, 0.15) is 175 Å². The predicted molar refractivity (Wildman–Crippen MR) is 370 cm³/mol. The predicted octanol–water partition coefficient (Wildman–Crippen LogP) is 20.5. The average Bonchev–Trinajstić information content (AvgIpc) is 1.43. The van der Waals surface area contributed by atoms with E-state index in [0.29, 0.717) is 0 Å². The second kappa shape index (κ2) is 19.1. The minimum Gasteiger partial charge on any atom is -0.335 e. The normalized spacial score (nSPS) is 18.9. The highest BCUT2D eigenvalue weighted by molar-refractivity contribution is 7.00. The van der Waals surface area contributed by atoms with Gasteiger partial charge in [-0.3, -0.25) is 0 Å². The molecule has 2 atom stereocenters. The van der Waals surface area contributed by atoms with E-state index in [1.54, 1.807) is 0 Å². The van der Waals surface area contributed by atoms with Gasteiger partial charge in [0.15, 0.2) is 0 Å². The van der Waals surface area contributed by atoms with Crippen LogP contribution in [0.15, 0.2) is 188 Å². The highest BCUT2D eigenvalue weighted by Gasteiger charge is 2.61. The van der Waals surface area contributed by atoms with Crippen LogP contribution < -0.4 is 36.0 Å².